The molecule has 122 valence electrons. The van der Waals surface area contributed by atoms with E-state index in [2.05, 4.69) is 16.7 Å². The lowest BCUT2D eigenvalue weighted by molar-refractivity contribution is -0.147. The zero-order chi connectivity index (χ0) is 15.5. The van der Waals surface area contributed by atoms with Gasteiger partial charge in [-0.05, 0) is 26.7 Å². The van der Waals surface area contributed by atoms with Gasteiger partial charge in [0.25, 0.3) is 0 Å². The number of methoxy groups -OCH3 is 1. The fraction of sp³-hybridized carbons (Fsp3) is 0.933. The lowest BCUT2D eigenvalue weighted by atomic mass is 9.94. The Morgan fingerprint density at radius 2 is 2.10 bits per heavy atom. The maximum absolute atomic E-state index is 11.7. The van der Waals surface area contributed by atoms with Gasteiger partial charge >= 0.3 is 5.97 Å². The maximum Gasteiger partial charge on any atom is 0.325 e. The Kier molecular flexibility index (Phi) is 5.60. The van der Waals surface area contributed by atoms with Crippen molar-refractivity contribution in [3.63, 3.8) is 0 Å². The Morgan fingerprint density at radius 3 is 2.71 bits per heavy atom. The molecule has 2 N–H and O–H groups in total. The van der Waals surface area contributed by atoms with E-state index in [-0.39, 0.29) is 12.0 Å². The van der Waals surface area contributed by atoms with Gasteiger partial charge < -0.3 is 15.2 Å². The molecule has 0 aromatic rings. The van der Waals surface area contributed by atoms with E-state index in [1.54, 1.807) is 6.92 Å². The predicted molar refractivity (Wildman–Crippen MR) is 81.1 cm³/mol. The smallest absolute Gasteiger partial charge is 0.325 e. The number of carbonyl (C=O) groups is 1. The first-order valence-corrected chi connectivity index (χ1v) is 7.87. The van der Waals surface area contributed by atoms with Crippen LogP contribution in [0.15, 0.2) is 0 Å². The SMILES string of the molecule is COC(=O)C(C)(N)CC(C)N1CCC(N2CCOCC2)C1. The molecule has 0 aromatic heterocycles. The lowest BCUT2D eigenvalue weighted by Crippen LogP contribution is -2.51. The Balaban J connectivity index is 1.84. The van der Waals surface area contributed by atoms with Gasteiger partial charge in [-0.3, -0.25) is 14.6 Å². The van der Waals surface area contributed by atoms with Crippen LogP contribution < -0.4 is 5.73 Å². The highest BCUT2D eigenvalue weighted by Crippen LogP contribution is 2.23. The van der Waals surface area contributed by atoms with E-state index in [0.29, 0.717) is 12.5 Å². The molecule has 2 fully saturated rings. The third kappa shape index (κ3) is 4.16. The molecule has 0 saturated carbocycles. The summed E-state index contributed by atoms with van der Waals surface area (Å²) in [5, 5.41) is 0. The molecule has 2 heterocycles. The number of morpholine rings is 1. The molecule has 2 rings (SSSR count). The molecular formula is C15H29N3O3. The molecule has 3 unspecified atom stereocenters. The van der Waals surface area contributed by atoms with Crippen LogP contribution in [0.3, 0.4) is 0 Å². The molecule has 6 nitrogen and oxygen atoms in total. The highest BCUT2D eigenvalue weighted by atomic mass is 16.5. The summed E-state index contributed by atoms with van der Waals surface area (Å²) in [5.41, 5.74) is 5.18. The fourth-order valence-electron chi connectivity index (χ4n) is 3.47. The average Bonchev–Trinajstić information content (AvgIpc) is 2.96. The van der Waals surface area contributed by atoms with Gasteiger partial charge in [-0.25, -0.2) is 0 Å². The molecule has 6 heteroatoms. The largest absolute Gasteiger partial charge is 0.468 e. The molecule has 2 aliphatic rings. The minimum atomic E-state index is -0.911. The van der Waals surface area contributed by atoms with Crippen molar-refractivity contribution in [3.8, 4) is 0 Å². The van der Waals surface area contributed by atoms with Gasteiger partial charge in [0, 0.05) is 38.3 Å². The Morgan fingerprint density at radius 1 is 1.43 bits per heavy atom. The van der Waals surface area contributed by atoms with Crippen LogP contribution in [0.2, 0.25) is 0 Å². The van der Waals surface area contributed by atoms with Crippen LogP contribution in [0.1, 0.15) is 26.7 Å². The van der Waals surface area contributed by atoms with Crippen molar-refractivity contribution in [2.24, 2.45) is 5.73 Å². The van der Waals surface area contributed by atoms with E-state index in [1.165, 1.54) is 13.5 Å². The number of nitrogens with two attached hydrogens (primary N) is 1. The summed E-state index contributed by atoms with van der Waals surface area (Å²) in [5.74, 6) is -0.335. The van der Waals surface area contributed by atoms with Crippen molar-refractivity contribution >= 4 is 5.97 Å². The van der Waals surface area contributed by atoms with Crippen LogP contribution in [0.4, 0.5) is 0 Å². The quantitative estimate of drug-likeness (QED) is 0.724. The minimum absolute atomic E-state index is 0.283. The first-order valence-electron chi connectivity index (χ1n) is 7.87. The number of likely N-dealkylation sites (tertiary alicyclic amines) is 1. The number of esters is 1. The van der Waals surface area contributed by atoms with Crippen LogP contribution in [-0.4, -0.2) is 79.9 Å². The highest BCUT2D eigenvalue weighted by molar-refractivity contribution is 5.79. The molecule has 3 atom stereocenters. The highest BCUT2D eigenvalue weighted by Gasteiger charge is 2.36. The third-order valence-electron chi connectivity index (χ3n) is 4.75. The second-order valence-electron chi connectivity index (χ2n) is 6.55. The van der Waals surface area contributed by atoms with Crippen molar-refractivity contribution in [1.82, 2.24) is 9.80 Å². The van der Waals surface area contributed by atoms with E-state index in [9.17, 15) is 4.79 Å². The molecule has 0 radical (unpaired) electrons. The lowest BCUT2D eigenvalue weighted by Gasteiger charge is -2.34. The van der Waals surface area contributed by atoms with E-state index < -0.39 is 5.54 Å². The van der Waals surface area contributed by atoms with Crippen molar-refractivity contribution in [2.45, 2.75) is 44.3 Å². The van der Waals surface area contributed by atoms with Crippen molar-refractivity contribution in [2.75, 3.05) is 46.5 Å². The zero-order valence-corrected chi connectivity index (χ0v) is 13.5. The van der Waals surface area contributed by atoms with E-state index in [1.807, 2.05) is 0 Å². The molecule has 0 bridgehead atoms. The molecule has 2 aliphatic heterocycles. The normalized spacial score (nSPS) is 29.0. The number of carbonyl (C=O) groups excluding carboxylic acids is 1. The Hall–Kier alpha value is -0.690. The second-order valence-corrected chi connectivity index (χ2v) is 6.55. The summed E-state index contributed by atoms with van der Waals surface area (Å²) in [6, 6.07) is 0.892. The number of nitrogens with zero attached hydrogens (tertiary/aromatic N) is 2. The summed E-state index contributed by atoms with van der Waals surface area (Å²) >= 11 is 0. The third-order valence-corrected chi connectivity index (χ3v) is 4.75. The molecule has 21 heavy (non-hydrogen) atoms. The van der Waals surface area contributed by atoms with E-state index in [0.717, 1.165) is 39.4 Å². The minimum Gasteiger partial charge on any atom is -0.468 e. The number of hydrogen-bond acceptors (Lipinski definition) is 6. The van der Waals surface area contributed by atoms with E-state index in [4.69, 9.17) is 15.2 Å². The van der Waals surface area contributed by atoms with Gasteiger partial charge in [-0.1, -0.05) is 0 Å². The molecule has 0 aliphatic carbocycles. The number of rotatable bonds is 5. The summed E-state index contributed by atoms with van der Waals surface area (Å²) in [6.07, 6.45) is 1.80. The first-order chi connectivity index (χ1) is 9.94. The van der Waals surface area contributed by atoms with Crippen molar-refractivity contribution in [1.29, 1.82) is 0 Å². The molecule has 0 amide bonds. The number of ether oxygens (including phenoxy) is 2. The maximum atomic E-state index is 11.7. The van der Waals surface area contributed by atoms with Crippen LogP contribution in [0.5, 0.6) is 0 Å². The van der Waals surface area contributed by atoms with Crippen LogP contribution in [-0.2, 0) is 14.3 Å². The summed E-state index contributed by atoms with van der Waals surface area (Å²) in [7, 11) is 1.39. The predicted octanol–water partition coefficient (Wildman–Crippen LogP) is 0.0619. The summed E-state index contributed by atoms with van der Waals surface area (Å²) in [6.45, 7) is 9.78. The van der Waals surface area contributed by atoms with Gasteiger partial charge in [-0.2, -0.15) is 0 Å². The second kappa shape index (κ2) is 7.05. The van der Waals surface area contributed by atoms with Crippen LogP contribution in [0.25, 0.3) is 0 Å². The summed E-state index contributed by atoms with van der Waals surface area (Å²) in [4.78, 5) is 16.7. The average molecular weight is 299 g/mol. The van der Waals surface area contributed by atoms with Crippen molar-refractivity contribution < 1.29 is 14.3 Å². The molecule has 0 aromatic carbocycles. The van der Waals surface area contributed by atoms with Gasteiger partial charge in [-0.15, -0.1) is 0 Å². The van der Waals surface area contributed by atoms with Crippen molar-refractivity contribution in [3.05, 3.63) is 0 Å². The number of hydrogen-bond donors (Lipinski definition) is 1. The zero-order valence-electron chi connectivity index (χ0n) is 13.5. The Labute approximate surface area is 127 Å². The van der Waals surface area contributed by atoms with Crippen LogP contribution >= 0.6 is 0 Å². The molecular weight excluding hydrogens is 270 g/mol. The topological polar surface area (TPSA) is 68.0 Å². The van der Waals surface area contributed by atoms with Gasteiger partial charge in [0.1, 0.15) is 5.54 Å². The molecule has 0 spiro atoms. The molecule has 2 saturated heterocycles. The van der Waals surface area contributed by atoms with Crippen LogP contribution in [0, 0.1) is 0 Å². The van der Waals surface area contributed by atoms with Gasteiger partial charge in [0.15, 0.2) is 0 Å². The standard InChI is InChI=1S/C15H29N3O3/c1-12(10-15(2,16)14(19)20-3)18-5-4-13(11-18)17-6-8-21-9-7-17/h12-13H,4-11,16H2,1-3H3. The Bertz CT molecular complexity index is 356. The van der Waals surface area contributed by atoms with Gasteiger partial charge in [0.2, 0.25) is 0 Å². The first kappa shape index (κ1) is 16.7. The van der Waals surface area contributed by atoms with Gasteiger partial charge in [0.05, 0.1) is 20.3 Å². The fourth-order valence-corrected chi connectivity index (χ4v) is 3.47. The van der Waals surface area contributed by atoms with E-state index >= 15 is 0 Å². The summed E-state index contributed by atoms with van der Waals surface area (Å²) < 4.78 is 10.2. The monoisotopic (exact) mass is 299 g/mol.